The summed E-state index contributed by atoms with van der Waals surface area (Å²) in [4.78, 5) is 141. The number of nitro groups is 2. The predicted octanol–water partition coefficient (Wildman–Crippen LogP) is 4.19. The van der Waals surface area contributed by atoms with Gasteiger partial charge in [0, 0.05) is 41.1 Å². The minimum atomic E-state index is -1.90. The monoisotopic (exact) mass is 1130 g/mol. The number of unbranched alkanes of at least 4 members (excludes halogenated alkanes) is 2. The van der Waals surface area contributed by atoms with Crippen molar-refractivity contribution in [3.63, 3.8) is 0 Å². The van der Waals surface area contributed by atoms with E-state index < -0.39 is 136 Å². The third-order valence-electron chi connectivity index (χ3n) is 14.8. The van der Waals surface area contributed by atoms with Gasteiger partial charge in [0.15, 0.2) is 0 Å². The Morgan fingerprint density at radius 2 is 1.34 bits per heavy atom. The van der Waals surface area contributed by atoms with E-state index in [0.717, 1.165) is 0 Å². The molecule has 2 aliphatic rings. The molecule has 1 aromatic heterocycles. The van der Waals surface area contributed by atoms with Crippen LogP contribution in [0, 0.1) is 32.1 Å². The Balaban J connectivity index is 1.67. The quantitative estimate of drug-likeness (QED) is 0.0197. The van der Waals surface area contributed by atoms with Crippen molar-refractivity contribution in [1.29, 1.82) is 0 Å². The summed E-state index contributed by atoms with van der Waals surface area (Å²) in [6, 6.07) is 9.13. The molecular formula is C55H73ClN10O14. The molecule has 0 bridgehead atoms. The number of aromatic nitrogens is 1. The molecule has 25 heteroatoms. The van der Waals surface area contributed by atoms with Crippen molar-refractivity contribution in [3.05, 3.63) is 127 Å². The van der Waals surface area contributed by atoms with Gasteiger partial charge in [-0.3, -0.25) is 53.8 Å². The number of hydrogen-bond donors (Lipinski definition) is 7. The number of benzene rings is 2. The highest BCUT2D eigenvalue weighted by Crippen LogP contribution is 2.30. The summed E-state index contributed by atoms with van der Waals surface area (Å²) in [6.07, 6.45) is 1.97. The van der Waals surface area contributed by atoms with Crippen molar-refractivity contribution in [2.75, 3.05) is 19.6 Å². The fraction of sp³-hybridized carbons (Fsp3) is 0.527. The molecule has 7 N–H and O–H groups in total. The number of amides is 7. The van der Waals surface area contributed by atoms with Crippen LogP contribution in [0.25, 0.3) is 0 Å². The number of carbonyl (C=O) groups excluding carboxylic acids is 8. The molecule has 1 unspecified atom stereocenters. The Labute approximate surface area is 468 Å². The number of nitrogens with one attached hydrogen (secondary N) is 6. The van der Waals surface area contributed by atoms with E-state index in [4.69, 9.17) is 16.3 Å². The molecule has 0 saturated carbocycles. The summed E-state index contributed by atoms with van der Waals surface area (Å²) in [5.74, 6) is -9.95. The third-order valence-corrected chi connectivity index (χ3v) is 15.0. The van der Waals surface area contributed by atoms with Gasteiger partial charge in [0.2, 0.25) is 48.5 Å². The van der Waals surface area contributed by atoms with Gasteiger partial charge in [0.1, 0.15) is 59.2 Å². The van der Waals surface area contributed by atoms with Crippen LogP contribution in [0.3, 0.4) is 0 Å². The summed E-state index contributed by atoms with van der Waals surface area (Å²) >= 11 is 5.98. The Bertz CT molecular complexity index is 2710. The lowest BCUT2D eigenvalue weighted by atomic mass is 9.90. The van der Waals surface area contributed by atoms with Gasteiger partial charge >= 0.3 is 5.97 Å². The number of fused-ring (bicyclic) bond motifs is 1. The van der Waals surface area contributed by atoms with Crippen LogP contribution in [-0.4, -0.2) is 140 Å². The zero-order valence-corrected chi connectivity index (χ0v) is 46.5. The van der Waals surface area contributed by atoms with Crippen molar-refractivity contribution in [3.8, 4) is 0 Å². The Kier molecular flexibility index (Phi) is 23.5. The van der Waals surface area contributed by atoms with Crippen molar-refractivity contribution in [2.24, 2.45) is 11.8 Å². The van der Waals surface area contributed by atoms with E-state index in [9.17, 15) is 49.4 Å². The highest BCUT2D eigenvalue weighted by Gasteiger charge is 2.46. The zero-order valence-electron chi connectivity index (χ0n) is 45.7. The topological polar surface area (TPSA) is 333 Å². The summed E-state index contributed by atoms with van der Waals surface area (Å²) in [6.45, 7) is 8.99. The fourth-order valence-electron chi connectivity index (χ4n) is 9.85. The lowest BCUT2D eigenvalue weighted by Crippen LogP contribution is -2.62. The van der Waals surface area contributed by atoms with Crippen molar-refractivity contribution >= 4 is 58.9 Å². The highest BCUT2D eigenvalue weighted by molar-refractivity contribution is 6.30. The summed E-state index contributed by atoms with van der Waals surface area (Å²) < 4.78 is 6.44. The molecule has 24 nitrogen and oxygen atoms in total. The van der Waals surface area contributed by atoms with Crippen molar-refractivity contribution in [2.45, 2.75) is 153 Å². The number of cyclic esters (lactones) is 1. The second-order valence-electron chi connectivity index (χ2n) is 20.4. The molecular weight excluding hydrogens is 1060 g/mol. The number of carbonyl (C=O) groups is 8. The Morgan fingerprint density at radius 3 is 1.88 bits per heavy atom. The molecule has 3 aromatic rings. The first kappa shape index (κ1) is 62.9. The smallest absolute Gasteiger partial charge is 0.329 e. The van der Waals surface area contributed by atoms with E-state index in [1.54, 1.807) is 94.4 Å². The number of rotatable bonds is 21. The van der Waals surface area contributed by atoms with E-state index in [1.165, 1.54) is 24.0 Å². The molecule has 0 aliphatic carbocycles. The van der Waals surface area contributed by atoms with Gasteiger partial charge in [-0.1, -0.05) is 119 Å². The SMILES string of the molecule is C/C=C/[C@H]1C[C@H]2C(=O)O[C@H](C)[C@@H](NC(=O)[C@H](CCCC[N+](=O)[O-])NC(=O)c3ccc(Cl)n3O)C(=O)NC([C@H](C)c3ccccc3)C(=O)N[C@H](CCCC[N+](=O)[O-])C(=O)N[C@@H]([C@H](C)c3ccccc3)C(=O)N[C@@H]([C@@H](C)CC)C(=O)N2C1. The van der Waals surface area contributed by atoms with Crippen LogP contribution >= 0.6 is 11.6 Å². The molecule has 3 heterocycles. The van der Waals surface area contributed by atoms with Gasteiger partial charge < -0.3 is 46.7 Å². The standard InChI is InChI=1S/C55H73ClN10O14/c1-7-19-36-30-42-55(74)80-35(6)47(62-49(68)39(24-15-17-28-64(75)76)57-50(69)41-26-27-43(56)66(41)79)53(72)61-45(33(4)37-20-11-9-12-21-37)51(70)58-40(25-16-18-29-65(77)78)48(67)60-46(34(5)38-22-13-10-14-23-38)52(71)59-44(32(3)8-2)54(73)63(42)31-36/h7,9-14,19-23,26-27,32-36,39-40,42,44-47,79H,8,15-18,24-25,28-31H2,1-6H3,(H,57,69)(H,58,70)(H,59,71)(H,60,67)(H,61,72)(H,62,68)/b19-7+/t32-,33+,34+,35+,36-,39-,40+,42-,44-,45?,46-,47+/m0/s1. The number of halogens is 1. The minimum absolute atomic E-state index is 0.00167. The molecule has 7 amide bonds. The Morgan fingerprint density at radius 1 is 0.787 bits per heavy atom. The van der Waals surface area contributed by atoms with E-state index in [2.05, 4.69) is 31.9 Å². The lowest BCUT2D eigenvalue weighted by Gasteiger charge is -2.34. The average molecular weight is 1130 g/mol. The first-order chi connectivity index (χ1) is 38.1. The number of esters is 1. The highest BCUT2D eigenvalue weighted by atomic mass is 35.5. The first-order valence-corrected chi connectivity index (χ1v) is 27.3. The molecule has 0 spiro atoms. The van der Waals surface area contributed by atoms with Crippen LogP contribution in [0.1, 0.15) is 126 Å². The van der Waals surface area contributed by atoms with Crippen molar-refractivity contribution in [1.82, 2.24) is 41.5 Å². The van der Waals surface area contributed by atoms with E-state index >= 15 is 14.4 Å². The van der Waals surface area contributed by atoms with Crippen LogP contribution in [0.5, 0.6) is 0 Å². The second kappa shape index (κ2) is 29.9. The largest absolute Gasteiger partial charge is 0.458 e. The normalized spacial score (nSPS) is 24.0. The first-order valence-electron chi connectivity index (χ1n) is 26.9. The molecule has 2 aliphatic heterocycles. The number of allylic oxidation sites excluding steroid dienone is 1. The maximum absolute atomic E-state index is 15.2. The molecule has 0 radical (unpaired) electrons. The van der Waals surface area contributed by atoms with E-state index in [0.29, 0.717) is 22.3 Å². The van der Waals surface area contributed by atoms with Gasteiger partial charge in [-0.15, -0.1) is 0 Å². The third kappa shape index (κ3) is 17.1. The van der Waals surface area contributed by atoms with Gasteiger partial charge in [-0.2, -0.15) is 4.73 Å². The number of ether oxygens (including phenoxy) is 1. The van der Waals surface area contributed by atoms with Crippen LogP contribution in [-0.2, 0) is 38.3 Å². The van der Waals surface area contributed by atoms with Gasteiger partial charge in [-0.25, -0.2) is 4.79 Å². The summed E-state index contributed by atoms with van der Waals surface area (Å²) in [5, 5.41) is 49.0. The van der Waals surface area contributed by atoms with Crippen LogP contribution in [0.4, 0.5) is 0 Å². The van der Waals surface area contributed by atoms with Gasteiger partial charge in [-0.05, 0) is 81.0 Å². The Hall–Kier alpha value is -7.89. The molecule has 80 heavy (non-hydrogen) atoms. The van der Waals surface area contributed by atoms with Gasteiger partial charge in [0.25, 0.3) is 5.91 Å². The number of hydrogen-bond acceptors (Lipinski definition) is 14. The molecule has 5 rings (SSSR count). The van der Waals surface area contributed by atoms with Gasteiger partial charge in [0.05, 0.1) is 0 Å². The molecule has 434 valence electrons. The molecule has 2 saturated heterocycles. The van der Waals surface area contributed by atoms with E-state index in [-0.39, 0.29) is 68.3 Å². The zero-order chi connectivity index (χ0) is 58.8. The van der Waals surface area contributed by atoms with Crippen molar-refractivity contribution < 1.29 is 58.1 Å². The minimum Gasteiger partial charge on any atom is -0.458 e. The fourth-order valence-corrected chi connectivity index (χ4v) is 10.0. The maximum Gasteiger partial charge on any atom is 0.329 e. The maximum atomic E-state index is 15.2. The predicted molar refractivity (Wildman–Crippen MR) is 292 cm³/mol. The number of nitrogens with zero attached hydrogens (tertiary/aromatic N) is 4. The van der Waals surface area contributed by atoms with Crippen LogP contribution in [0.2, 0.25) is 5.15 Å². The summed E-state index contributed by atoms with van der Waals surface area (Å²) in [5.41, 5.74) is 0.766. The van der Waals surface area contributed by atoms with E-state index in [1.807, 2.05) is 13.0 Å². The summed E-state index contributed by atoms with van der Waals surface area (Å²) in [7, 11) is 0. The lowest BCUT2D eigenvalue weighted by molar-refractivity contribution is -0.480. The second-order valence-corrected chi connectivity index (χ2v) is 20.8. The molecule has 2 aromatic carbocycles. The van der Waals surface area contributed by atoms with Crippen LogP contribution in [0.15, 0.2) is 84.9 Å². The average Bonchev–Trinajstić information content (AvgIpc) is 4.08. The van der Waals surface area contributed by atoms with Crippen LogP contribution < -0.4 is 31.9 Å². The molecule has 2 fully saturated rings. The molecule has 12 atom stereocenters.